The first-order valence-electron chi connectivity index (χ1n) is 9.07. The molecular formula is C25H22NSe+. The van der Waals surface area contributed by atoms with Gasteiger partial charge in [0.15, 0.2) is 0 Å². The van der Waals surface area contributed by atoms with Crippen LogP contribution in [0.2, 0.25) is 0 Å². The van der Waals surface area contributed by atoms with E-state index >= 15 is 0 Å². The van der Waals surface area contributed by atoms with Crippen molar-refractivity contribution in [2.24, 2.45) is 0 Å². The molecule has 0 fully saturated rings. The van der Waals surface area contributed by atoms with E-state index in [0.29, 0.717) is 0 Å². The molecule has 2 aliphatic rings. The number of allylic oxidation sites excluding steroid dienone is 8. The van der Waals surface area contributed by atoms with Crippen molar-refractivity contribution in [1.29, 1.82) is 0 Å². The summed E-state index contributed by atoms with van der Waals surface area (Å²) in [4.78, 5) is 0. The average molecular weight is 415 g/mol. The van der Waals surface area contributed by atoms with Gasteiger partial charge in [-0.2, -0.15) is 0 Å². The molecular weight excluding hydrogens is 393 g/mol. The summed E-state index contributed by atoms with van der Waals surface area (Å²) in [6, 6.07) is 21.5. The first kappa shape index (κ1) is 17.7. The Hall–Kier alpha value is -2.67. The zero-order valence-corrected chi connectivity index (χ0v) is 17.3. The topological polar surface area (TPSA) is 3.01 Å². The Morgan fingerprint density at radius 3 is 1.52 bits per heavy atom. The Labute approximate surface area is 167 Å². The summed E-state index contributed by atoms with van der Waals surface area (Å²) < 4.78 is 4.99. The predicted molar refractivity (Wildman–Crippen MR) is 117 cm³/mol. The molecule has 0 saturated heterocycles. The molecule has 0 radical (unpaired) electrons. The minimum atomic E-state index is 0.287. The third-order valence-electron chi connectivity index (χ3n) is 4.63. The van der Waals surface area contributed by atoms with E-state index < -0.39 is 0 Å². The summed E-state index contributed by atoms with van der Waals surface area (Å²) in [5.41, 5.74) is 6.41. The van der Waals surface area contributed by atoms with E-state index in [0.717, 1.165) is 0 Å². The van der Waals surface area contributed by atoms with Crippen molar-refractivity contribution in [2.45, 2.75) is 0 Å². The van der Waals surface area contributed by atoms with Crippen molar-refractivity contribution in [3.8, 4) is 0 Å². The fraction of sp³-hybridized carbons (Fsp3) is 0.0800. The second-order valence-corrected chi connectivity index (χ2v) is 9.02. The van der Waals surface area contributed by atoms with Gasteiger partial charge in [-0.1, -0.05) is 0 Å². The zero-order valence-electron chi connectivity index (χ0n) is 15.6. The fourth-order valence-corrected chi connectivity index (χ4v) is 5.45. The van der Waals surface area contributed by atoms with Crippen molar-refractivity contribution in [1.82, 2.24) is 0 Å². The molecule has 2 aromatic rings. The maximum absolute atomic E-state index is 2.37. The van der Waals surface area contributed by atoms with Gasteiger partial charge in [0.2, 0.25) is 0 Å². The van der Waals surface area contributed by atoms with Gasteiger partial charge in [0.05, 0.1) is 0 Å². The second-order valence-electron chi connectivity index (χ2n) is 6.75. The van der Waals surface area contributed by atoms with Crippen LogP contribution >= 0.6 is 0 Å². The van der Waals surface area contributed by atoms with Crippen molar-refractivity contribution in [3.63, 3.8) is 0 Å². The SMILES string of the molecule is C[N+](C)=C1C=CC(=C2C=C(c3ccccc3)[Se]C(c3ccccc3)=C2)C=C1. The van der Waals surface area contributed by atoms with Crippen LogP contribution < -0.4 is 0 Å². The van der Waals surface area contributed by atoms with Crippen LogP contribution in [0.1, 0.15) is 11.1 Å². The molecule has 1 aliphatic heterocycles. The van der Waals surface area contributed by atoms with Crippen LogP contribution in [0.3, 0.4) is 0 Å². The molecule has 27 heavy (non-hydrogen) atoms. The molecule has 0 aromatic heterocycles. The summed E-state index contributed by atoms with van der Waals surface area (Å²) >= 11 is 0.287. The monoisotopic (exact) mass is 416 g/mol. The molecule has 0 saturated carbocycles. The number of hydrogen-bond acceptors (Lipinski definition) is 0. The minimum absolute atomic E-state index is 0.287. The van der Waals surface area contributed by atoms with E-state index in [4.69, 9.17) is 0 Å². The summed E-state index contributed by atoms with van der Waals surface area (Å²) in [6.45, 7) is 0. The van der Waals surface area contributed by atoms with Crippen LogP contribution in [0.25, 0.3) is 8.94 Å². The van der Waals surface area contributed by atoms with Crippen molar-refractivity contribution < 1.29 is 4.58 Å². The molecule has 132 valence electrons. The molecule has 0 bridgehead atoms. The van der Waals surface area contributed by atoms with E-state index in [1.807, 2.05) is 0 Å². The van der Waals surface area contributed by atoms with Gasteiger partial charge in [0.25, 0.3) is 0 Å². The molecule has 0 N–H and O–H groups in total. The molecule has 0 atom stereocenters. The zero-order chi connectivity index (χ0) is 18.6. The number of hydrogen-bond donors (Lipinski definition) is 0. The van der Waals surface area contributed by atoms with E-state index in [2.05, 4.69) is 116 Å². The quantitative estimate of drug-likeness (QED) is 0.484. The summed E-state index contributed by atoms with van der Waals surface area (Å²) in [5.74, 6) is 0. The Kier molecular flexibility index (Phi) is 5.20. The van der Waals surface area contributed by atoms with Crippen molar-refractivity contribution in [2.75, 3.05) is 14.1 Å². The first-order valence-corrected chi connectivity index (χ1v) is 10.8. The predicted octanol–water partition coefficient (Wildman–Crippen LogP) is 4.92. The molecule has 2 heteroatoms. The van der Waals surface area contributed by atoms with Gasteiger partial charge in [-0.15, -0.1) is 0 Å². The molecule has 0 spiro atoms. The second kappa shape index (κ2) is 7.92. The van der Waals surface area contributed by atoms with Crippen LogP contribution in [0.4, 0.5) is 0 Å². The van der Waals surface area contributed by atoms with Crippen LogP contribution in [0, 0.1) is 0 Å². The van der Waals surface area contributed by atoms with E-state index in [9.17, 15) is 0 Å². The normalized spacial score (nSPS) is 16.3. The summed E-state index contributed by atoms with van der Waals surface area (Å²) in [6.07, 6.45) is 13.6. The van der Waals surface area contributed by atoms with Crippen molar-refractivity contribution >= 4 is 29.6 Å². The molecule has 1 heterocycles. The molecule has 2 aromatic carbocycles. The maximum atomic E-state index is 2.37. The Bertz CT molecular complexity index is 953. The third-order valence-corrected chi connectivity index (χ3v) is 7.03. The van der Waals surface area contributed by atoms with E-state index in [-0.39, 0.29) is 15.0 Å². The standard InChI is InChI=1S/C25H22NSe/c1-26(2)23-15-13-19(14-16-23)22-17-24(20-9-5-3-6-10-20)27-25(18-22)21-11-7-4-8-12-21/h3-18H,1-2H3/q+1. The molecule has 1 aliphatic carbocycles. The van der Waals surface area contributed by atoms with Crippen molar-refractivity contribution in [3.05, 3.63) is 119 Å². The average Bonchev–Trinajstić information content (AvgIpc) is 2.75. The Morgan fingerprint density at radius 2 is 1.07 bits per heavy atom. The van der Waals surface area contributed by atoms with E-state index in [1.54, 1.807) is 0 Å². The van der Waals surface area contributed by atoms with Crippen LogP contribution in [-0.2, 0) is 0 Å². The molecule has 0 amide bonds. The summed E-state index contributed by atoms with van der Waals surface area (Å²) in [5, 5.41) is 0. The van der Waals surface area contributed by atoms with Crippen LogP contribution in [-0.4, -0.2) is 39.3 Å². The molecule has 0 unspecified atom stereocenters. The van der Waals surface area contributed by atoms with Gasteiger partial charge < -0.3 is 0 Å². The third kappa shape index (κ3) is 4.03. The van der Waals surface area contributed by atoms with Gasteiger partial charge in [0.1, 0.15) is 0 Å². The van der Waals surface area contributed by atoms with Gasteiger partial charge in [0, 0.05) is 0 Å². The first-order chi connectivity index (χ1) is 13.2. The van der Waals surface area contributed by atoms with Gasteiger partial charge in [-0.05, 0) is 0 Å². The van der Waals surface area contributed by atoms with Gasteiger partial charge in [-0.3, -0.25) is 0 Å². The number of rotatable bonds is 2. The van der Waals surface area contributed by atoms with Crippen LogP contribution in [0.5, 0.6) is 0 Å². The molecule has 1 nitrogen and oxygen atoms in total. The molecule has 4 rings (SSSR count). The van der Waals surface area contributed by atoms with Crippen LogP contribution in [0.15, 0.2) is 108 Å². The van der Waals surface area contributed by atoms with E-state index in [1.165, 1.54) is 36.9 Å². The number of nitrogens with zero attached hydrogens (tertiary/aromatic N) is 1. The fourth-order valence-electron chi connectivity index (χ4n) is 3.11. The Balaban J connectivity index is 1.81. The Morgan fingerprint density at radius 1 is 0.593 bits per heavy atom. The van der Waals surface area contributed by atoms with Gasteiger partial charge in [-0.25, -0.2) is 0 Å². The van der Waals surface area contributed by atoms with Gasteiger partial charge >= 0.3 is 168 Å². The summed E-state index contributed by atoms with van der Waals surface area (Å²) in [7, 11) is 4.15. The number of benzene rings is 2.